The van der Waals surface area contributed by atoms with Gasteiger partial charge in [0.15, 0.2) is 0 Å². The fourth-order valence-corrected chi connectivity index (χ4v) is 3.53. The minimum absolute atomic E-state index is 0.0770. The molecule has 1 aromatic heterocycles. The van der Waals surface area contributed by atoms with Crippen molar-refractivity contribution in [1.82, 2.24) is 9.13 Å². The molecule has 29 heavy (non-hydrogen) atoms. The van der Waals surface area contributed by atoms with Crippen molar-refractivity contribution in [1.29, 1.82) is 0 Å². The summed E-state index contributed by atoms with van der Waals surface area (Å²) in [6.45, 7) is 0.476. The molecule has 0 saturated heterocycles. The van der Waals surface area contributed by atoms with Gasteiger partial charge < -0.3 is 10.4 Å². The highest BCUT2D eigenvalue weighted by molar-refractivity contribution is 6.31. The molecule has 0 aliphatic heterocycles. The fourth-order valence-electron chi connectivity index (χ4n) is 3.36. The topological polar surface area (TPSA) is 76.3 Å². The molecule has 7 heteroatoms. The first-order valence-corrected chi connectivity index (χ1v) is 9.35. The summed E-state index contributed by atoms with van der Waals surface area (Å²) in [5.41, 5.74) is 3.66. The first kappa shape index (κ1) is 18.8. The Morgan fingerprint density at radius 1 is 1.03 bits per heavy atom. The number of aromatic carboxylic acids is 1. The lowest BCUT2D eigenvalue weighted by molar-refractivity contribution is 0.0698. The van der Waals surface area contributed by atoms with E-state index in [-0.39, 0.29) is 11.3 Å². The minimum Gasteiger partial charge on any atom is -0.478 e. The third-order valence-electron chi connectivity index (χ3n) is 4.82. The minimum atomic E-state index is -1.07. The van der Waals surface area contributed by atoms with Crippen molar-refractivity contribution in [3.05, 3.63) is 93.4 Å². The van der Waals surface area contributed by atoms with Crippen LogP contribution in [0.3, 0.4) is 0 Å². The van der Waals surface area contributed by atoms with Crippen molar-refractivity contribution < 1.29 is 9.90 Å². The number of hydrogen-bond acceptors (Lipinski definition) is 3. The second-order valence-electron chi connectivity index (χ2n) is 6.74. The van der Waals surface area contributed by atoms with E-state index in [2.05, 4.69) is 5.32 Å². The van der Waals surface area contributed by atoms with E-state index in [1.807, 2.05) is 48.5 Å². The number of halogens is 1. The Balaban J connectivity index is 1.74. The van der Waals surface area contributed by atoms with E-state index in [9.17, 15) is 14.7 Å². The molecule has 4 aromatic rings. The second kappa shape index (κ2) is 7.48. The van der Waals surface area contributed by atoms with E-state index in [1.165, 1.54) is 6.07 Å². The van der Waals surface area contributed by atoms with E-state index >= 15 is 0 Å². The lowest BCUT2D eigenvalue weighted by Crippen LogP contribution is -2.22. The van der Waals surface area contributed by atoms with E-state index in [0.29, 0.717) is 22.9 Å². The van der Waals surface area contributed by atoms with Crippen LogP contribution < -0.4 is 11.0 Å². The molecule has 0 aliphatic rings. The number of benzene rings is 3. The average molecular weight is 408 g/mol. The van der Waals surface area contributed by atoms with Crippen LogP contribution in [0.4, 0.5) is 11.4 Å². The third kappa shape index (κ3) is 3.62. The van der Waals surface area contributed by atoms with Crippen molar-refractivity contribution in [3.63, 3.8) is 0 Å². The highest BCUT2D eigenvalue weighted by Crippen LogP contribution is 2.26. The average Bonchev–Trinajstić information content (AvgIpc) is 2.94. The van der Waals surface area contributed by atoms with Gasteiger partial charge in [-0.1, -0.05) is 41.9 Å². The largest absolute Gasteiger partial charge is 0.478 e. The summed E-state index contributed by atoms with van der Waals surface area (Å²) in [5, 5.41) is 12.9. The van der Waals surface area contributed by atoms with Gasteiger partial charge in [0.1, 0.15) is 0 Å². The zero-order valence-electron chi connectivity index (χ0n) is 15.6. The van der Waals surface area contributed by atoms with Crippen LogP contribution in [0, 0.1) is 0 Å². The number of aromatic nitrogens is 2. The monoisotopic (exact) mass is 407 g/mol. The van der Waals surface area contributed by atoms with Crippen LogP contribution in [-0.4, -0.2) is 20.2 Å². The number of hydrogen-bond donors (Lipinski definition) is 2. The molecule has 3 aromatic carbocycles. The highest BCUT2D eigenvalue weighted by Gasteiger charge is 2.14. The van der Waals surface area contributed by atoms with E-state index < -0.39 is 5.97 Å². The van der Waals surface area contributed by atoms with Gasteiger partial charge in [-0.2, -0.15) is 0 Å². The maximum Gasteiger partial charge on any atom is 0.337 e. The van der Waals surface area contributed by atoms with Gasteiger partial charge in [0.05, 0.1) is 28.8 Å². The molecule has 0 fully saturated rings. The molecule has 1 heterocycles. The molecule has 0 amide bonds. The van der Waals surface area contributed by atoms with Crippen LogP contribution in [0.25, 0.3) is 11.0 Å². The van der Waals surface area contributed by atoms with Crippen LogP contribution in [0.15, 0.2) is 71.5 Å². The van der Waals surface area contributed by atoms with Gasteiger partial charge in [-0.25, -0.2) is 9.59 Å². The lowest BCUT2D eigenvalue weighted by atomic mass is 10.1. The smallest absolute Gasteiger partial charge is 0.337 e. The third-order valence-corrected chi connectivity index (χ3v) is 5.06. The van der Waals surface area contributed by atoms with Gasteiger partial charge in [0.2, 0.25) is 0 Å². The lowest BCUT2D eigenvalue weighted by Gasteiger charge is -2.11. The van der Waals surface area contributed by atoms with Crippen molar-refractivity contribution >= 4 is 40.0 Å². The van der Waals surface area contributed by atoms with E-state index in [4.69, 9.17) is 11.6 Å². The number of anilines is 2. The number of carbonyl (C=O) groups is 1. The Kier molecular flexibility index (Phi) is 4.86. The molecule has 6 nitrogen and oxygen atoms in total. The fraction of sp³-hybridized carbons (Fsp3) is 0.0909. The van der Waals surface area contributed by atoms with Gasteiger partial charge in [-0.05, 0) is 42.0 Å². The molecule has 146 valence electrons. The Bertz CT molecular complexity index is 1280. The molecule has 0 saturated carbocycles. The van der Waals surface area contributed by atoms with Gasteiger partial charge in [-0.15, -0.1) is 0 Å². The number of carboxylic acid groups (broad SMARTS) is 1. The molecule has 0 unspecified atom stereocenters. The van der Waals surface area contributed by atoms with Crippen molar-refractivity contribution in [3.8, 4) is 0 Å². The first-order chi connectivity index (χ1) is 13.9. The van der Waals surface area contributed by atoms with E-state index in [0.717, 1.165) is 16.6 Å². The standard InChI is InChI=1S/C22H18ClN3O3/c1-25-20-12-16(24-18-9-7-15(23)11-17(18)21(27)28)8-10-19(20)26(22(25)29)13-14-5-3-2-4-6-14/h2-12,24H,13H2,1H3,(H,27,28). The predicted molar refractivity (Wildman–Crippen MR) is 114 cm³/mol. The zero-order valence-corrected chi connectivity index (χ0v) is 16.3. The summed E-state index contributed by atoms with van der Waals surface area (Å²) in [4.78, 5) is 24.3. The first-order valence-electron chi connectivity index (χ1n) is 8.97. The number of carboxylic acids is 1. The Hall–Kier alpha value is -3.51. The number of fused-ring (bicyclic) bond motifs is 1. The quantitative estimate of drug-likeness (QED) is 0.511. The number of nitrogens with zero attached hydrogens (tertiary/aromatic N) is 2. The van der Waals surface area contributed by atoms with Crippen molar-refractivity contribution in [2.45, 2.75) is 6.54 Å². The number of nitrogens with one attached hydrogen (secondary N) is 1. The maximum atomic E-state index is 12.8. The predicted octanol–water partition coefficient (Wildman–Crippen LogP) is 4.48. The molecular weight excluding hydrogens is 390 g/mol. The summed E-state index contributed by atoms with van der Waals surface area (Å²) in [5.74, 6) is -1.07. The summed E-state index contributed by atoms with van der Waals surface area (Å²) < 4.78 is 3.31. The molecule has 0 radical (unpaired) electrons. The second-order valence-corrected chi connectivity index (χ2v) is 7.17. The number of aryl methyl sites for hydroxylation is 1. The Labute approximate surface area is 171 Å². The molecule has 0 aliphatic carbocycles. The van der Waals surface area contributed by atoms with Gasteiger partial charge in [0, 0.05) is 17.8 Å². The summed E-state index contributed by atoms with van der Waals surface area (Å²) in [7, 11) is 1.72. The Morgan fingerprint density at radius 3 is 2.52 bits per heavy atom. The Morgan fingerprint density at radius 2 is 1.79 bits per heavy atom. The van der Waals surface area contributed by atoms with Gasteiger partial charge in [-0.3, -0.25) is 9.13 Å². The molecular formula is C22H18ClN3O3. The zero-order chi connectivity index (χ0) is 20.5. The van der Waals surface area contributed by atoms with Gasteiger partial charge >= 0.3 is 11.7 Å². The summed E-state index contributed by atoms with van der Waals surface area (Å²) in [6, 6.07) is 20.0. The molecule has 0 spiro atoms. The highest BCUT2D eigenvalue weighted by atomic mass is 35.5. The summed E-state index contributed by atoms with van der Waals surface area (Å²) in [6.07, 6.45) is 0. The molecule has 4 rings (SSSR count). The normalized spacial score (nSPS) is 11.0. The molecule has 2 N–H and O–H groups in total. The van der Waals surface area contributed by atoms with Crippen LogP contribution in [-0.2, 0) is 13.6 Å². The SMILES string of the molecule is Cn1c(=O)n(Cc2ccccc2)c2ccc(Nc3ccc(Cl)cc3C(=O)O)cc21. The van der Waals surface area contributed by atoms with Crippen molar-refractivity contribution in [2.75, 3.05) is 5.32 Å². The van der Waals surface area contributed by atoms with Crippen LogP contribution in [0.5, 0.6) is 0 Å². The van der Waals surface area contributed by atoms with Crippen LogP contribution in [0.2, 0.25) is 5.02 Å². The molecule has 0 bridgehead atoms. The maximum absolute atomic E-state index is 12.8. The number of imidazole rings is 1. The molecule has 0 atom stereocenters. The summed E-state index contributed by atoms with van der Waals surface area (Å²) >= 11 is 5.92. The van der Waals surface area contributed by atoms with Crippen LogP contribution in [0.1, 0.15) is 15.9 Å². The van der Waals surface area contributed by atoms with E-state index in [1.54, 1.807) is 28.3 Å². The number of rotatable bonds is 5. The van der Waals surface area contributed by atoms with Gasteiger partial charge in [0.25, 0.3) is 0 Å². The van der Waals surface area contributed by atoms with Crippen LogP contribution >= 0.6 is 11.6 Å². The van der Waals surface area contributed by atoms with Crippen molar-refractivity contribution in [2.24, 2.45) is 7.05 Å².